The summed E-state index contributed by atoms with van der Waals surface area (Å²) in [5, 5.41) is 12.5. The number of carbonyl (C=O) groups is 1. The molecular formula is C19H39NO2. The van der Waals surface area contributed by atoms with Crippen molar-refractivity contribution in [2.75, 3.05) is 7.05 Å². The lowest BCUT2D eigenvalue weighted by molar-refractivity contribution is -0.120. The maximum absolute atomic E-state index is 11.0. The van der Waals surface area contributed by atoms with Gasteiger partial charge in [0.1, 0.15) is 0 Å². The van der Waals surface area contributed by atoms with Crippen molar-refractivity contribution in [3.8, 4) is 0 Å². The maximum atomic E-state index is 11.0. The van der Waals surface area contributed by atoms with Crippen LogP contribution in [0.3, 0.4) is 0 Å². The first kappa shape index (κ1) is 21.4. The summed E-state index contributed by atoms with van der Waals surface area (Å²) in [6, 6.07) is 0. The van der Waals surface area contributed by atoms with E-state index < -0.39 is 0 Å². The molecule has 0 aromatic rings. The highest BCUT2D eigenvalue weighted by atomic mass is 16.3. The number of aliphatic hydroxyl groups is 1. The first-order chi connectivity index (χ1) is 10.7. The first-order valence-electron chi connectivity index (χ1n) is 9.59. The third kappa shape index (κ3) is 15.8. The Hall–Kier alpha value is -0.570. The van der Waals surface area contributed by atoms with Crippen LogP contribution >= 0.6 is 0 Å². The van der Waals surface area contributed by atoms with Gasteiger partial charge in [0.15, 0.2) is 0 Å². The summed E-state index contributed by atoms with van der Waals surface area (Å²) in [4.78, 5) is 11.0. The van der Waals surface area contributed by atoms with Crippen LogP contribution < -0.4 is 5.32 Å². The van der Waals surface area contributed by atoms with E-state index in [4.69, 9.17) is 0 Å². The number of nitrogens with one attached hydrogen (secondary N) is 1. The molecule has 0 aromatic carbocycles. The van der Waals surface area contributed by atoms with E-state index in [2.05, 4.69) is 12.2 Å². The molecule has 0 spiro atoms. The van der Waals surface area contributed by atoms with E-state index in [1.165, 1.54) is 70.6 Å². The van der Waals surface area contributed by atoms with Gasteiger partial charge in [-0.15, -0.1) is 0 Å². The van der Waals surface area contributed by atoms with Crippen molar-refractivity contribution in [3.63, 3.8) is 0 Å². The summed E-state index contributed by atoms with van der Waals surface area (Å²) in [5.41, 5.74) is 0. The normalized spacial score (nSPS) is 12.3. The van der Waals surface area contributed by atoms with E-state index in [9.17, 15) is 9.90 Å². The molecule has 0 aliphatic carbocycles. The van der Waals surface area contributed by atoms with E-state index in [1.54, 1.807) is 7.05 Å². The SMILES string of the molecule is CCCCCC[C@@H](O)CCCCCCCCCCC(=O)NC. The highest BCUT2D eigenvalue weighted by molar-refractivity contribution is 5.75. The molecule has 0 unspecified atom stereocenters. The van der Waals surface area contributed by atoms with Crippen molar-refractivity contribution in [1.29, 1.82) is 0 Å². The van der Waals surface area contributed by atoms with E-state index in [0.29, 0.717) is 6.42 Å². The maximum Gasteiger partial charge on any atom is 0.219 e. The monoisotopic (exact) mass is 313 g/mol. The van der Waals surface area contributed by atoms with Crippen LogP contribution in [0.25, 0.3) is 0 Å². The van der Waals surface area contributed by atoms with Crippen LogP contribution in [-0.4, -0.2) is 24.2 Å². The minimum Gasteiger partial charge on any atom is -0.393 e. The quantitative estimate of drug-likeness (QED) is 0.395. The fraction of sp³-hybridized carbons (Fsp3) is 0.947. The lowest BCUT2D eigenvalue weighted by Crippen LogP contribution is -2.16. The van der Waals surface area contributed by atoms with Crippen LogP contribution in [0, 0.1) is 0 Å². The second kappa shape index (κ2) is 16.8. The molecule has 0 radical (unpaired) electrons. The number of hydrogen-bond donors (Lipinski definition) is 2. The molecule has 0 aliphatic rings. The minimum absolute atomic E-state index is 0.0680. The van der Waals surface area contributed by atoms with Gasteiger partial charge >= 0.3 is 0 Å². The summed E-state index contributed by atoms with van der Waals surface area (Å²) in [5.74, 6) is 0.160. The van der Waals surface area contributed by atoms with Gasteiger partial charge in [0.2, 0.25) is 5.91 Å². The molecule has 1 amide bonds. The number of carbonyl (C=O) groups excluding carboxylic acids is 1. The largest absolute Gasteiger partial charge is 0.393 e. The first-order valence-corrected chi connectivity index (χ1v) is 9.59. The van der Waals surface area contributed by atoms with E-state index in [1.807, 2.05) is 0 Å². The third-order valence-corrected chi connectivity index (χ3v) is 4.36. The molecule has 0 saturated heterocycles. The van der Waals surface area contributed by atoms with Crippen LogP contribution in [0.1, 0.15) is 103 Å². The predicted molar refractivity (Wildman–Crippen MR) is 95.0 cm³/mol. The van der Waals surface area contributed by atoms with Gasteiger partial charge in [0, 0.05) is 13.5 Å². The standard InChI is InChI=1S/C19H39NO2/c1-3-4-5-12-15-18(21)16-13-10-8-6-7-9-11-14-17-19(22)20-2/h18,21H,3-17H2,1-2H3,(H,20,22)/t18-/m1/s1. The molecule has 2 N–H and O–H groups in total. The van der Waals surface area contributed by atoms with E-state index >= 15 is 0 Å². The predicted octanol–water partition coefficient (Wildman–Crippen LogP) is 4.96. The molecule has 0 aromatic heterocycles. The van der Waals surface area contributed by atoms with Crippen LogP contribution in [0.15, 0.2) is 0 Å². The summed E-state index contributed by atoms with van der Waals surface area (Å²) in [6.07, 6.45) is 17.3. The van der Waals surface area contributed by atoms with Crippen LogP contribution in [0.4, 0.5) is 0 Å². The number of amides is 1. The average molecular weight is 314 g/mol. The zero-order valence-corrected chi connectivity index (χ0v) is 15.0. The van der Waals surface area contributed by atoms with Crippen molar-refractivity contribution in [3.05, 3.63) is 0 Å². The average Bonchev–Trinajstić information content (AvgIpc) is 2.53. The van der Waals surface area contributed by atoms with Crippen LogP contribution in [0.5, 0.6) is 0 Å². The van der Waals surface area contributed by atoms with Crippen molar-refractivity contribution in [2.45, 2.75) is 109 Å². The van der Waals surface area contributed by atoms with Crippen molar-refractivity contribution in [1.82, 2.24) is 5.32 Å². The molecule has 0 saturated carbocycles. The molecule has 132 valence electrons. The molecule has 0 fully saturated rings. The molecule has 3 heteroatoms. The Kier molecular flexibility index (Phi) is 16.4. The van der Waals surface area contributed by atoms with Gasteiger partial charge in [-0.2, -0.15) is 0 Å². The van der Waals surface area contributed by atoms with Gasteiger partial charge in [0.05, 0.1) is 6.10 Å². The highest BCUT2D eigenvalue weighted by Crippen LogP contribution is 2.14. The Labute approximate surface area is 138 Å². The molecule has 1 atom stereocenters. The highest BCUT2D eigenvalue weighted by Gasteiger charge is 2.03. The van der Waals surface area contributed by atoms with Crippen LogP contribution in [0.2, 0.25) is 0 Å². The van der Waals surface area contributed by atoms with E-state index in [-0.39, 0.29) is 12.0 Å². The summed E-state index contributed by atoms with van der Waals surface area (Å²) in [7, 11) is 1.70. The van der Waals surface area contributed by atoms with E-state index in [0.717, 1.165) is 19.3 Å². The number of hydrogen-bond acceptors (Lipinski definition) is 2. The topological polar surface area (TPSA) is 49.3 Å². The molecule has 3 nitrogen and oxygen atoms in total. The minimum atomic E-state index is -0.0680. The number of rotatable bonds is 16. The molecular weight excluding hydrogens is 274 g/mol. The Morgan fingerprint density at radius 3 is 1.77 bits per heavy atom. The Bertz CT molecular complexity index is 244. The van der Waals surface area contributed by atoms with Gasteiger partial charge < -0.3 is 10.4 Å². The second-order valence-corrected chi connectivity index (χ2v) is 6.54. The number of unbranched alkanes of at least 4 members (excludes halogenated alkanes) is 10. The summed E-state index contributed by atoms with van der Waals surface area (Å²) >= 11 is 0. The van der Waals surface area contributed by atoms with Gasteiger partial charge in [-0.3, -0.25) is 4.79 Å². The fourth-order valence-electron chi connectivity index (χ4n) is 2.80. The van der Waals surface area contributed by atoms with Gasteiger partial charge in [0.25, 0.3) is 0 Å². The van der Waals surface area contributed by atoms with Crippen molar-refractivity contribution in [2.24, 2.45) is 0 Å². The van der Waals surface area contributed by atoms with Gasteiger partial charge in [-0.1, -0.05) is 77.6 Å². The zero-order chi connectivity index (χ0) is 16.5. The Morgan fingerprint density at radius 2 is 1.27 bits per heavy atom. The Morgan fingerprint density at radius 1 is 0.818 bits per heavy atom. The zero-order valence-electron chi connectivity index (χ0n) is 15.0. The summed E-state index contributed by atoms with van der Waals surface area (Å²) in [6.45, 7) is 2.22. The fourth-order valence-corrected chi connectivity index (χ4v) is 2.80. The van der Waals surface area contributed by atoms with Gasteiger partial charge in [-0.05, 0) is 19.3 Å². The van der Waals surface area contributed by atoms with Crippen molar-refractivity contribution < 1.29 is 9.90 Å². The Balaban J connectivity index is 3.14. The summed E-state index contributed by atoms with van der Waals surface area (Å²) < 4.78 is 0. The van der Waals surface area contributed by atoms with Crippen LogP contribution in [-0.2, 0) is 4.79 Å². The third-order valence-electron chi connectivity index (χ3n) is 4.36. The molecule has 22 heavy (non-hydrogen) atoms. The molecule has 0 heterocycles. The number of aliphatic hydroxyl groups excluding tert-OH is 1. The molecule has 0 bridgehead atoms. The lowest BCUT2D eigenvalue weighted by atomic mass is 10.0. The lowest BCUT2D eigenvalue weighted by Gasteiger charge is -2.10. The van der Waals surface area contributed by atoms with Gasteiger partial charge in [-0.25, -0.2) is 0 Å². The smallest absolute Gasteiger partial charge is 0.219 e. The van der Waals surface area contributed by atoms with Crippen molar-refractivity contribution >= 4 is 5.91 Å². The second-order valence-electron chi connectivity index (χ2n) is 6.54. The molecule has 0 aliphatic heterocycles. The molecule has 0 rings (SSSR count).